The Morgan fingerprint density at radius 2 is 0.938 bits per heavy atom. The van der Waals surface area contributed by atoms with E-state index in [1.54, 1.807) is 13.8 Å². The molecular formula is C40H77N15O9S. The molecule has 0 aromatic carbocycles. The molecule has 0 aliphatic carbocycles. The van der Waals surface area contributed by atoms with Crippen LogP contribution >= 0.6 is 12.6 Å². The molecule has 0 bridgehead atoms. The van der Waals surface area contributed by atoms with Gasteiger partial charge >= 0.3 is 5.97 Å². The van der Waals surface area contributed by atoms with Crippen molar-refractivity contribution in [2.45, 2.75) is 148 Å². The Kier molecular flexibility index (Phi) is 30.3. The van der Waals surface area contributed by atoms with Crippen molar-refractivity contribution in [3.05, 3.63) is 0 Å². The zero-order valence-electron chi connectivity index (χ0n) is 38.5. The quantitative estimate of drug-likeness (QED) is 0.0129. The van der Waals surface area contributed by atoms with Gasteiger partial charge in [-0.1, -0.05) is 47.5 Å². The van der Waals surface area contributed by atoms with Crippen LogP contribution in [0.3, 0.4) is 0 Å². The average molecular weight is 944 g/mol. The third kappa shape index (κ3) is 26.2. The van der Waals surface area contributed by atoms with Gasteiger partial charge in [-0.25, -0.2) is 0 Å². The number of aliphatic carboxylic acids is 1. The first kappa shape index (κ1) is 59.6. The van der Waals surface area contributed by atoms with Crippen LogP contribution in [0.25, 0.3) is 0 Å². The maximum Gasteiger partial charge on any atom is 0.322 e. The summed E-state index contributed by atoms with van der Waals surface area (Å²) in [4.78, 5) is 114. The highest BCUT2D eigenvalue weighted by molar-refractivity contribution is 7.80. The van der Waals surface area contributed by atoms with Crippen LogP contribution in [0, 0.1) is 11.8 Å². The highest BCUT2D eigenvalue weighted by Gasteiger charge is 2.33. The number of carbonyl (C=O) groups is 8. The van der Waals surface area contributed by atoms with Gasteiger partial charge in [0.15, 0.2) is 11.9 Å². The number of nitrogens with zero attached hydrogens (tertiary/aromatic N) is 2. The molecule has 7 amide bonds. The first-order chi connectivity index (χ1) is 30.6. The van der Waals surface area contributed by atoms with Crippen molar-refractivity contribution in [3.63, 3.8) is 0 Å². The van der Waals surface area contributed by atoms with Gasteiger partial charge in [0.2, 0.25) is 41.4 Å². The number of hydrogen-bond donors (Lipinski definition) is 15. The summed E-state index contributed by atoms with van der Waals surface area (Å²) in [5.74, 6) is -7.22. The second-order valence-corrected chi connectivity index (χ2v) is 16.7. The first-order valence-electron chi connectivity index (χ1n) is 22.1. The van der Waals surface area contributed by atoms with Crippen LogP contribution in [0.5, 0.6) is 0 Å². The fraction of sp³-hybridized carbons (Fsp3) is 0.750. The number of aliphatic imine (C=N–C) groups is 2. The number of amides is 7. The summed E-state index contributed by atoms with van der Waals surface area (Å²) < 4.78 is 0. The van der Waals surface area contributed by atoms with E-state index in [0.717, 1.165) is 0 Å². The molecule has 0 fully saturated rings. The minimum atomic E-state index is -1.34. The SMILES string of the molecule is CCCC[C@H](NC(=O)[C@H](CCCCN)NC(=O)[C@H](CS)NC(=O)[C@H](CCCN=C(N)N)NC(=O)[C@H](CCCN=C(N)N)NC(=O)[C@@H](N)C(C)C)C(=O)N[C@@H](CC(C)C)C(=O)NCC(=O)O. The highest BCUT2D eigenvalue weighted by atomic mass is 32.1. The van der Waals surface area contributed by atoms with E-state index in [2.05, 4.69) is 59.8 Å². The number of unbranched alkanes of at least 4 members (excludes halogenated alkanes) is 2. The Morgan fingerprint density at radius 3 is 1.31 bits per heavy atom. The lowest BCUT2D eigenvalue weighted by atomic mass is 10.0. The van der Waals surface area contributed by atoms with Crippen molar-refractivity contribution in [1.29, 1.82) is 0 Å². The van der Waals surface area contributed by atoms with Crippen LogP contribution in [-0.2, 0) is 38.4 Å². The number of carboxylic acid groups (broad SMARTS) is 1. The molecule has 0 aliphatic heterocycles. The lowest BCUT2D eigenvalue weighted by Gasteiger charge is -2.28. The number of rotatable bonds is 34. The van der Waals surface area contributed by atoms with E-state index in [9.17, 15) is 38.4 Å². The number of nitrogens with one attached hydrogen (secondary N) is 7. The summed E-state index contributed by atoms with van der Waals surface area (Å²) in [5, 5.41) is 27.2. The van der Waals surface area contributed by atoms with Crippen molar-refractivity contribution >= 4 is 71.9 Å². The third-order valence-electron chi connectivity index (χ3n) is 9.81. The minimum Gasteiger partial charge on any atom is -0.480 e. The molecule has 0 spiro atoms. The molecule has 0 unspecified atom stereocenters. The van der Waals surface area contributed by atoms with Crippen molar-refractivity contribution in [2.75, 3.05) is 31.9 Å². The largest absolute Gasteiger partial charge is 0.480 e. The van der Waals surface area contributed by atoms with E-state index < -0.39 is 96.2 Å². The predicted molar refractivity (Wildman–Crippen MR) is 251 cm³/mol. The molecule has 0 heterocycles. The summed E-state index contributed by atoms with van der Waals surface area (Å²) in [6, 6.07) is -8.17. The number of carboxylic acids is 1. The van der Waals surface area contributed by atoms with Crippen molar-refractivity contribution in [3.8, 4) is 0 Å². The Hall–Kier alpha value is -5.43. The van der Waals surface area contributed by atoms with E-state index in [1.807, 2.05) is 20.8 Å². The smallest absolute Gasteiger partial charge is 0.322 e. The first-order valence-corrected chi connectivity index (χ1v) is 22.7. The second-order valence-electron chi connectivity index (χ2n) is 16.4. The molecule has 0 aliphatic rings. The van der Waals surface area contributed by atoms with Gasteiger partial charge in [-0.3, -0.25) is 48.3 Å². The normalized spacial score (nSPS) is 14.2. The average Bonchev–Trinajstić information content (AvgIpc) is 3.23. The van der Waals surface area contributed by atoms with Crippen LogP contribution in [-0.4, -0.2) is 139 Å². The van der Waals surface area contributed by atoms with Crippen molar-refractivity contribution in [1.82, 2.24) is 37.2 Å². The van der Waals surface area contributed by atoms with Crippen LogP contribution in [0.2, 0.25) is 0 Å². The molecule has 20 N–H and O–H groups in total. The summed E-state index contributed by atoms with van der Waals surface area (Å²) in [6.07, 6.45) is 3.05. The van der Waals surface area contributed by atoms with Gasteiger partial charge in [0, 0.05) is 18.8 Å². The molecule has 0 saturated carbocycles. The Balaban J connectivity index is 6.48. The number of thiol groups is 1. The number of nitrogens with two attached hydrogens (primary N) is 6. The van der Waals surface area contributed by atoms with Crippen LogP contribution in [0.15, 0.2) is 9.98 Å². The molecule has 0 aromatic heterocycles. The maximum absolute atomic E-state index is 13.9. The van der Waals surface area contributed by atoms with E-state index in [-0.39, 0.29) is 87.5 Å². The Bertz CT molecular complexity index is 1590. The van der Waals surface area contributed by atoms with Crippen molar-refractivity contribution < 1.29 is 43.5 Å². The van der Waals surface area contributed by atoms with Crippen molar-refractivity contribution in [2.24, 2.45) is 56.2 Å². The number of guanidine groups is 2. The predicted octanol–water partition coefficient (Wildman–Crippen LogP) is -3.52. The summed E-state index contributed by atoms with van der Waals surface area (Å²) in [6.45, 7) is 8.89. The molecule has 24 nitrogen and oxygen atoms in total. The maximum atomic E-state index is 13.9. The highest BCUT2D eigenvalue weighted by Crippen LogP contribution is 2.11. The van der Waals surface area contributed by atoms with Gasteiger partial charge in [-0.05, 0) is 76.2 Å². The molecule has 7 atom stereocenters. The topological polar surface area (TPSA) is 422 Å². The fourth-order valence-electron chi connectivity index (χ4n) is 6.10. The van der Waals surface area contributed by atoms with Gasteiger partial charge in [0.1, 0.15) is 42.8 Å². The van der Waals surface area contributed by atoms with E-state index in [4.69, 9.17) is 39.5 Å². The minimum absolute atomic E-state index is 0.0139. The standard InChI is InChI=1S/C40H77N15O9S/c1-6-7-12-24(35(61)54-28(19-22(2)3)32(58)49-20-30(56)57)50-33(59)25(13-8-9-16-41)52-37(63)29(21-65)55-36(62)26(14-10-17-47-39(43)44)51-34(60)27(15-11-18-48-40(45)46)53-38(64)31(42)23(4)5/h22-29,31,65H,6-21,41-42H2,1-5H3,(H,49,58)(H,50,59)(H,51,60)(H,52,63)(H,53,64)(H,54,61)(H,55,62)(H,56,57)(H4,43,44,47)(H4,45,46,48)/t24-,25-,26-,27-,28-,29-,31-/m0/s1. The fourth-order valence-corrected chi connectivity index (χ4v) is 6.36. The zero-order chi connectivity index (χ0) is 49.6. The van der Waals surface area contributed by atoms with E-state index >= 15 is 0 Å². The molecule has 0 saturated heterocycles. The van der Waals surface area contributed by atoms with Gasteiger partial charge in [-0.15, -0.1) is 0 Å². The lowest BCUT2D eigenvalue weighted by Crippen LogP contribution is -2.60. The van der Waals surface area contributed by atoms with Gasteiger partial charge in [0.05, 0.1) is 6.04 Å². The van der Waals surface area contributed by atoms with Gasteiger partial charge < -0.3 is 76.7 Å². The molecule has 0 radical (unpaired) electrons. The molecule has 372 valence electrons. The van der Waals surface area contributed by atoms with Crippen LogP contribution in [0.1, 0.15) is 105 Å². The summed E-state index contributed by atoms with van der Waals surface area (Å²) >= 11 is 4.29. The van der Waals surface area contributed by atoms with Crippen LogP contribution < -0.4 is 71.6 Å². The molecular weight excluding hydrogens is 867 g/mol. The van der Waals surface area contributed by atoms with Crippen LogP contribution in [0.4, 0.5) is 0 Å². The molecule has 25 heteroatoms. The molecule has 0 aromatic rings. The van der Waals surface area contributed by atoms with Gasteiger partial charge in [-0.2, -0.15) is 12.6 Å². The summed E-state index contributed by atoms with van der Waals surface area (Å²) in [7, 11) is 0. The monoisotopic (exact) mass is 944 g/mol. The Morgan fingerprint density at radius 1 is 0.554 bits per heavy atom. The van der Waals surface area contributed by atoms with E-state index in [1.165, 1.54) is 0 Å². The second kappa shape index (κ2) is 33.1. The molecule has 65 heavy (non-hydrogen) atoms. The lowest BCUT2D eigenvalue weighted by molar-refractivity contribution is -0.138. The van der Waals surface area contributed by atoms with E-state index in [0.29, 0.717) is 32.2 Å². The van der Waals surface area contributed by atoms with Gasteiger partial charge in [0.25, 0.3) is 0 Å². The number of carbonyl (C=O) groups excluding carboxylic acids is 7. The number of hydrogen-bond acceptors (Lipinski definition) is 13. The Labute approximate surface area is 387 Å². The zero-order valence-corrected chi connectivity index (χ0v) is 39.4. The molecule has 0 rings (SSSR count). The summed E-state index contributed by atoms with van der Waals surface area (Å²) in [5.41, 5.74) is 33.5. The third-order valence-corrected chi connectivity index (χ3v) is 10.2.